The Balaban J connectivity index is 0. The molecule has 2 aromatic rings. The van der Waals surface area contributed by atoms with E-state index >= 15 is 0 Å². The summed E-state index contributed by atoms with van der Waals surface area (Å²) in [4.78, 5) is 0. The van der Waals surface area contributed by atoms with Crippen LogP contribution in [0.5, 0.6) is 0 Å². The quantitative estimate of drug-likeness (QED) is 0.0480. The molecule has 304 valence electrons. The number of hydrogen-bond acceptors (Lipinski definition) is 0. The molecule has 2 nitrogen and oxygen atoms in total. The largest absolute Gasteiger partial charge is 1.00 e. The molecule has 0 radical (unpaired) electrons. The van der Waals surface area contributed by atoms with Gasteiger partial charge in [-0.05, 0) is 12.8 Å². The number of rotatable bonds is 36. The zero-order valence-corrected chi connectivity index (χ0v) is 37.2. The molecule has 0 atom stereocenters. The molecule has 2 rings (SSSR count). The Morgan fingerprint density at radius 2 is 0.423 bits per heavy atom. The summed E-state index contributed by atoms with van der Waals surface area (Å²) in [6, 6.07) is 12.6. The predicted octanol–water partition coefficient (Wildman–Crippen LogP) is 9.26. The number of nitrogens with zero attached hydrogens (tertiary/aromatic N) is 2. The molecule has 0 amide bonds. The average Bonchev–Trinajstić information content (AvgIpc) is 3.15. The van der Waals surface area contributed by atoms with E-state index in [0.29, 0.717) is 0 Å². The lowest BCUT2D eigenvalue weighted by Gasteiger charge is -2.04. The van der Waals surface area contributed by atoms with Crippen LogP contribution in [0, 0.1) is 0 Å². The molecule has 0 aromatic carbocycles. The second-order valence-electron chi connectivity index (χ2n) is 15.5. The van der Waals surface area contributed by atoms with Crippen LogP contribution in [-0.2, 0) is 13.1 Å². The van der Waals surface area contributed by atoms with Gasteiger partial charge < -0.3 is 29.4 Å². The van der Waals surface area contributed by atoms with Gasteiger partial charge in [-0.3, -0.25) is 0 Å². The average molecular weight is 809 g/mol. The van der Waals surface area contributed by atoms with Crippen molar-refractivity contribution in [2.24, 2.45) is 0 Å². The minimum Gasteiger partial charge on any atom is -1.00 e. The van der Waals surface area contributed by atoms with Crippen LogP contribution in [0.1, 0.15) is 232 Å². The second kappa shape index (κ2) is 46.2. The topological polar surface area (TPSA) is 7.76 Å². The fourth-order valence-corrected chi connectivity index (χ4v) is 7.21. The van der Waals surface area contributed by atoms with Crippen molar-refractivity contribution in [2.45, 2.75) is 245 Å². The molecule has 0 bridgehead atoms. The van der Waals surface area contributed by atoms with E-state index in [1.54, 1.807) is 0 Å². The lowest BCUT2D eigenvalue weighted by molar-refractivity contribution is -0.697. The first kappa shape index (κ1) is 53.2. The van der Waals surface area contributed by atoms with E-state index in [1.807, 2.05) is 0 Å². The van der Waals surface area contributed by atoms with Gasteiger partial charge in [-0.1, -0.05) is 219 Å². The number of hydrogen-bond donors (Lipinski definition) is 0. The third kappa shape index (κ3) is 40.3. The number of unbranched alkanes of at least 4 members (excludes halogenated alkanes) is 32. The fourth-order valence-electron chi connectivity index (χ4n) is 7.21. The highest BCUT2D eigenvalue weighted by Gasteiger charge is 2.00. The highest BCUT2D eigenvalue weighted by molar-refractivity contribution is 4.84. The third-order valence-electron chi connectivity index (χ3n) is 10.6. The molecule has 0 aliphatic carbocycles. The monoisotopic (exact) mass is 807 g/mol. The highest BCUT2D eigenvalue weighted by atomic mass is 79.9. The van der Waals surface area contributed by atoms with Crippen molar-refractivity contribution >= 4 is 0 Å². The van der Waals surface area contributed by atoms with Crippen LogP contribution in [0.4, 0.5) is 0 Å². The van der Waals surface area contributed by atoms with Gasteiger partial charge in [0.1, 0.15) is 13.1 Å². The Morgan fingerprint density at radius 1 is 0.250 bits per heavy atom. The fraction of sp³-hybridized carbons (Fsp3) is 0.792. The minimum atomic E-state index is 0. The van der Waals surface area contributed by atoms with Crippen LogP contribution in [0.25, 0.3) is 0 Å². The van der Waals surface area contributed by atoms with E-state index in [2.05, 4.69) is 84.2 Å². The Bertz CT molecular complexity index is 880. The summed E-state index contributed by atoms with van der Waals surface area (Å²) in [7, 11) is 0. The van der Waals surface area contributed by atoms with Crippen LogP contribution in [0.15, 0.2) is 61.2 Å². The van der Waals surface area contributed by atoms with E-state index in [9.17, 15) is 0 Å². The van der Waals surface area contributed by atoms with Crippen molar-refractivity contribution in [2.75, 3.05) is 0 Å². The van der Waals surface area contributed by atoms with Crippen LogP contribution in [0.2, 0.25) is 0 Å². The van der Waals surface area contributed by atoms with Gasteiger partial charge in [0, 0.05) is 37.1 Å². The maximum Gasteiger partial charge on any atom is 0.168 e. The summed E-state index contributed by atoms with van der Waals surface area (Å²) >= 11 is 0. The smallest absolute Gasteiger partial charge is 0.168 e. The van der Waals surface area contributed by atoms with Gasteiger partial charge in [-0.2, -0.15) is 0 Å². The van der Waals surface area contributed by atoms with Crippen molar-refractivity contribution < 1.29 is 38.5 Å². The number of aryl methyl sites for hydroxylation is 2. The SMILES string of the molecule is CCCCCCCCCCCCCCCCCCCCCC[n+]1ccccc1.CCCCCCCCCCCCCCCC[n+]1ccccc1.[Br-].[Cl-]. The molecule has 0 aliphatic rings. The number of aromatic nitrogens is 2. The summed E-state index contributed by atoms with van der Waals surface area (Å²) in [5.41, 5.74) is 0. The Kier molecular flexibility index (Phi) is 47.3. The third-order valence-corrected chi connectivity index (χ3v) is 10.6. The van der Waals surface area contributed by atoms with E-state index in [-0.39, 0.29) is 29.4 Å². The number of pyridine rings is 2. The zero-order valence-electron chi connectivity index (χ0n) is 34.9. The van der Waals surface area contributed by atoms with E-state index in [0.717, 1.165) is 0 Å². The molecule has 0 N–H and O–H groups in total. The predicted molar refractivity (Wildman–Crippen MR) is 222 cm³/mol. The lowest BCUT2D eigenvalue weighted by Crippen LogP contribution is -3.00. The summed E-state index contributed by atoms with van der Waals surface area (Å²) in [5.74, 6) is 0. The Hall–Kier alpha value is -0.930. The standard InChI is InChI=1S/C27H50N.C21H38N.BrH.ClH/c1-2-3-4-5-6-7-8-9-10-11-12-13-14-15-16-17-18-19-20-22-25-28-26-23-21-24-27-28;1-2-3-4-5-6-7-8-9-10-11-12-13-14-16-19-22-20-17-15-18-21-22;;/h21,23-24,26-27H,2-20,22,25H2,1H3;15,17-18,20-21H,2-14,16,19H2,1H3;2*1H/q2*+1;;/p-2. The van der Waals surface area contributed by atoms with Gasteiger partial charge in [0.05, 0.1) is 0 Å². The van der Waals surface area contributed by atoms with Crippen molar-refractivity contribution in [3.05, 3.63) is 61.2 Å². The van der Waals surface area contributed by atoms with E-state index < -0.39 is 0 Å². The first-order valence-corrected chi connectivity index (χ1v) is 22.7. The summed E-state index contributed by atoms with van der Waals surface area (Å²) < 4.78 is 4.59. The molecule has 4 heteroatoms. The molecular formula is C48H88BrClN2. The van der Waals surface area contributed by atoms with Crippen molar-refractivity contribution in [1.29, 1.82) is 0 Å². The van der Waals surface area contributed by atoms with E-state index in [4.69, 9.17) is 0 Å². The van der Waals surface area contributed by atoms with Crippen LogP contribution < -0.4 is 38.5 Å². The van der Waals surface area contributed by atoms with Crippen LogP contribution in [-0.4, -0.2) is 0 Å². The van der Waals surface area contributed by atoms with Gasteiger partial charge in [-0.25, -0.2) is 9.13 Å². The molecular weight excluding hydrogens is 720 g/mol. The normalized spacial score (nSPS) is 10.7. The van der Waals surface area contributed by atoms with Gasteiger partial charge in [0.15, 0.2) is 24.8 Å². The van der Waals surface area contributed by atoms with Crippen molar-refractivity contribution in [3.8, 4) is 0 Å². The zero-order chi connectivity index (χ0) is 35.7. The first-order chi connectivity index (χ1) is 24.9. The second-order valence-corrected chi connectivity index (χ2v) is 15.5. The molecule has 0 spiro atoms. The molecule has 0 aliphatic heterocycles. The van der Waals surface area contributed by atoms with Crippen molar-refractivity contribution in [1.82, 2.24) is 0 Å². The highest BCUT2D eigenvalue weighted by Crippen LogP contribution is 2.15. The molecule has 0 saturated heterocycles. The van der Waals surface area contributed by atoms with E-state index in [1.165, 1.54) is 231 Å². The van der Waals surface area contributed by atoms with Crippen LogP contribution >= 0.6 is 0 Å². The molecule has 2 aromatic heterocycles. The van der Waals surface area contributed by atoms with Crippen LogP contribution in [0.3, 0.4) is 0 Å². The molecule has 2 heterocycles. The first-order valence-electron chi connectivity index (χ1n) is 22.7. The maximum atomic E-state index is 2.30. The van der Waals surface area contributed by atoms with Crippen molar-refractivity contribution in [3.63, 3.8) is 0 Å². The molecule has 0 fully saturated rings. The van der Waals surface area contributed by atoms with Gasteiger partial charge in [-0.15, -0.1) is 0 Å². The van der Waals surface area contributed by atoms with Gasteiger partial charge in [0.25, 0.3) is 0 Å². The van der Waals surface area contributed by atoms with Gasteiger partial charge >= 0.3 is 0 Å². The Labute approximate surface area is 343 Å². The molecule has 0 saturated carbocycles. The molecule has 52 heavy (non-hydrogen) atoms. The summed E-state index contributed by atoms with van der Waals surface area (Å²) in [6.45, 7) is 6.95. The minimum absolute atomic E-state index is 0. The molecule has 0 unspecified atom stereocenters. The summed E-state index contributed by atoms with van der Waals surface area (Å²) in [6.07, 6.45) is 57.8. The maximum absolute atomic E-state index is 2.30. The summed E-state index contributed by atoms with van der Waals surface area (Å²) in [5, 5.41) is 0. The number of halogens is 2. The van der Waals surface area contributed by atoms with Gasteiger partial charge in [0.2, 0.25) is 0 Å². The lowest BCUT2D eigenvalue weighted by atomic mass is 10.0. The Morgan fingerprint density at radius 3 is 0.615 bits per heavy atom.